The molecule has 170 valence electrons. The van der Waals surface area contributed by atoms with Gasteiger partial charge in [-0.1, -0.05) is 42.8 Å². The Labute approximate surface area is 198 Å². The molecular formula is C26H26ClN3O3. The molecule has 0 aliphatic heterocycles. The quantitative estimate of drug-likeness (QED) is 0.338. The predicted molar refractivity (Wildman–Crippen MR) is 129 cm³/mol. The largest absolute Gasteiger partial charge is 0.486 e. The van der Waals surface area contributed by atoms with Crippen LogP contribution in [-0.4, -0.2) is 15.7 Å². The molecule has 0 spiro atoms. The highest BCUT2D eigenvalue weighted by atomic mass is 35.5. The van der Waals surface area contributed by atoms with Crippen molar-refractivity contribution in [1.29, 1.82) is 0 Å². The zero-order chi connectivity index (χ0) is 23.4. The molecule has 1 amide bonds. The summed E-state index contributed by atoms with van der Waals surface area (Å²) in [5.74, 6) is 1.23. The number of rotatable bonds is 8. The van der Waals surface area contributed by atoms with Crippen LogP contribution in [0.5, 0.6) is 5.75 Å². The Hall–Kier alpha value is -3.51. The van der Waals surface area contributed by atoms with E-state index < -0.39 is 0 Å². The first kappa shape index (κ1) is 22.7. The number of carbonyl (C=O) groups excluding carboxylic acids is 1. The third kappa shape index (κ3) is 5.46. The van der Waals surface area contributed by atoms with Gasteiger partial charge in [-0.25, -0.2) is 0 Å². The molecular weight excluding hydrogens is 438 g/mol. The fourth-order valence-corrected chi connectivity index (χ4v) is 3.65. The lowest BCUT2D eigenvalue weighted by molar-refractivity contribution is 0.0992. The molecule has 4 aromatic rings. The van der Waals surface area contributed by atoms with Crippen LogP contribution < -0.4 is 10.1 Å². The van der Waals surface area contributed by atoms with Crippen LogP contribution in [0.3, 0.4) is 0 Å². The Morgan fingerprint density at radius 2 is 1.73 bits per heavy atom. The van der Waals surface area contributed by atoms with E-state index in [4.69, 9.17) is 20.8 Å². The molecule has 0 aliphatic rings. The number of nitrogens with zero attached hydrogens (tertiary/aromatic N) is 2. The number of hydrogen-bond donors (Lipinski definition) is 1. The zero-order valence-corrected chi connectivity index (χ0v) is 19.6. The van der Waals surface area contributed by atoms with Crippen molar-refractivity contribution in [2.45, 2.75) is 40.3 Å². The molecule has 33 heavy (non-hydrogen) atoms. The number of halogens is 1. The molecule has 0 aliphatic carbocycles. The van der Waals surface area contributed by atoms with E-state index >= 15 is 0 Å². The van der Waals surface area contributed by atoms with Crippen molar-refractivity contribution in [3.63, 3.8) is 0 Å². The van der Waals surface area contributed by atoms with Gasteiger partial charge in [-0.2, -0.15) is 5.10 Å². The predicted octanol–water partition coefficient (Wildman–Crippen LogP) is 6.19. The van der Waals surface area contributed by atoms with Gasteiger partial charge in [0.05, 0.1) is 23.6 Å². The number of carbonyl (C=O) groups is 1. The molecule has 2 aromatic heterocycles. The zero-order valence-electron chi connectivity index (χ0n) is 18.9. The number of hydrogen-bond acceptors (Lipinski definition) is 4. The van der Waals surface area contributed by atoms with Gasteiger partial charge >= 0.3 is 0 Å². The first-order valence-electron chi connectivity index (χ1n) is 10.8. The molecule has 0 atom stereocenters. The van der Waals surface area contributed by atoms with E-state index in [0.29, 0.717) is 23.0 Å². The second-order valence-electron chi connectivity index (χ2n) is 7.84. The second kappa shape index (κ2) is 9.96. The van der Waals surface area contributed by atoms with Gasteiger partial charge < -0.3 is 14.5 Å². The van der Waals surface area contributed by atoms with E-state index in [-0.39, 0.29) is 18.3 Å². The summed E-state index contributed by atoms with van der Waals surface area (Å²) in [6, 6.07) is 19.0. The Balaban J connectivity index is 1.39. The van der Waals surface area contributed by atoms with Gasteiger partial charge in [-0.15, -0.1) is 0 Å². The topological polar surface area (TPSA) is 69.3 Å². The van der Waals surface area contributed by atoms with Gasteiger partial charge in [0.15, 0.2) is 5.76 Å². The average molecular weight is 464 g/mol. The molecule has 0 unspecified atom stereocenters. The Morgan fingerprint density at radius 1 is 1.03 bits per heavy atom. The monoisotopic (exact) mass is 463 g/mol. The minimum Gasteiger partial charge on any atom is -0.486 e. The first-order chi connectivity index (χ1) is 15.9. The van der Waals surface area contributed by atoms with Crippen LogP contribution in [0.4, 0.5) is 5.69 Å². The SMILES string of the molecule is CCc1ccc(OCc2ccc(C(=O)Nc3c(C)nn(Cc4ccc(Cl)cc4)c3C)o2)cc1. The van der Waals surface area contributed by atoms with Crippen LogP contribution in [0.25, 0.3) is 0 Å². The maximum Gasteiger partial charge on any atom is 0.291 e. The van der Waals surface area contributed by atoms with Crippen molar-refractivity contribution in [1.82, 2.24) is 9.78 Å². The molecule has 0 radical (unpaired) electrons. The summed E-state index contributed by atoms with van der Waals surface area (Å²) in [5, 5.41) is 8.20. The molecule has 1 N–H and O–H groups in total. The second-order valence-corrected chi connectivity index (χ2v) is 8.27. The Morgan fingerprint density at radius 3 is 2.42 bits per heavy atom. The fourth-order valence-electron chi connectivity index (χ4n) is 3.52. The molecule has 0 bridgehead atoms. The van der Waals surface area contributed by atoms with Gasteiger partial charge in [-0.05, 0) is 67.8 Å². The number of anilines is 1. The van der Waals surface area contributed by atoms with Crippen LogP contribution in [-0.2, 0) is 19.6 Å². The van der Waals surface area contributed by atoms with E-state index in [0.717, 1.165) is 29.1 Å². The van der Waals surface area contributed by atoms with Crippen molar-refractivity contribution >= 4 is 23.2 Å². The van der Waals surface area contributed by atoms with Crippen molar-refractivity contribution in [3.8, 4) is 5.75 Å². The van der Waals surface area contributed by atoms with E-state index in [2.05, 4.69) is 17.3 Å². The number of benzene rings is 2. The van der Waals surface area contributed by atoms with Crippen molar-refractivity contribution < 1.29 is 13.9 Å². The van der Waals surface area contributed by atoms with Gasteiger partial charge in [-0.3, -0.25) is 9.48 Å². The summed E-state index contributed by atoms with van der Waals surface area (Å²) in [6.07, 6.45) is 0.982. The Kier molecular flexibility index (Phi) is 6.84. The lowest BCUT2D eigenvalue weighted by Gasteiger charge is -2.07. The fraction of sp³-hybridized carbons (Fsp3) is 0.231. The summed E-state index contributed by atoms with van der Waals surface area (Å²) < 4.78 is 13.3. The number of ether oxygens (including phenoxy) is 1. The lowest BCUT2D eigenvalue weighted by atomic mass is 10.2. The summed E-state index contributed by atoms with van der Waals surface area (Å²) >= 11 is 5.97. The van der Waals surface area contributed by atoms with Gasteiger partial charge in [0.1, 0.15) is 18.1 Å². The van der Waals surface area contributed by atoms with Crippen LogP contribution >= 0.6 is 11.6 Å². The molecule has 7 heteroatoms. The van der Waals surface area contributed by atoms with E-state index in [1.54, 1.807) is 12.1 Å². The third-order valence-electron chi connectivity index (χ3n) is 5.46. The minimum absolute atomic E-state index is 0.221. The molecule has 0 saturated heterocycles. The normalized spacial score (nSPS) is 10.9. The highest BCUT2D eigenvalue weighted by molar-refractivity contribution is 6.30. The number of aromatic nitrogens is 2. The summed E-state index contributed by atoms with van der Waals surface area (Å²) in [4.78, 5) is 12.8. The number of aryl methyl sites for hydroxylation is 2. The highest BCUT2D eigenvalue weighted by Crippen LogP contribution is 2.23. The molecule has 2 aromatic carbocycles. The smallest absolute Gasteiger partial charge is 0.291 e. The van der Waals surface area contributed by atoms with E-state index in [1.165, 1.54) is 5.56 Å². The molecule has 6 nitrogen and oxygen atoms in total. The van der Waals surface area contributed by atoms with Gasteiger partial charge in [0, 0.05) is 5.02 Å². The maximum absolute atomic E-state index is 12.8. The van der Waals surface area contributed by atoms with Crippen molar-refractivity contribution in [3.05, 3.63) is 99.7 Å². The summed E-state index contributed by atoms with van der Waals surface area (Å²) in [6.45, 7) is 6.74. The molecule has 0 fully saturated rings. The van der Waals surface area contributed by atoms with Gasteiger partial charge in [0.25, 0.3) is 5.91 Å². The minimum atomic E-state index is -0.328. The standard InChI is InChI=1S/C26H26ClN3O3/c1-4-19-7-11-22(12-8-19)32-16-23-13-14-24(33-23)26(31)28-25-17(2)29-30(18(25)3)15-20-5-9-21(27)10-6-20/h5-14H,4,15-16H2,1-3H3,(H,28,31). The third-order valence-corrected chi connectivity index (χ3v) is 5.72. The molecule has 0 saturated carbocycles. The average Bonchev–Trinajstić information content (AvgIpc) is 3.40. The van der Waals surface area contributed by atoms with E-state index in [9.17, 15) is 4.79 Å². The first-order valence-corrected chi connectivity index (χ1v) is 11.2. The maximum atomic E-state index is 12.8. The van der Waals surface area contributed by atoms with Gasteiger partial charge in [0.2, 0.25) is 0 Å². The number of furan rings is 1. The number of nitrogens with one attached hydrogen (secondary N) is 1. The Bertz CT molecular complexity index is 1240. The lowest BCUT2D eigenvalue weighted by Crippen LogP contribution is -2.12. The molecule has 4 rings (SSSR count). The number of amides is 1. The van der Waals surface area contributed by atoms with Crippen molar-refractivity contribution in [2.75, 3.05) is 5.32 Å². The highest BCUT2D eigenvalue weighted by Gasteiger charge is 2.18. The summed E-state index contributed by atoms with van der Waals surface area (Å²) in [5.41, 5.74) is 4.60. The van der Waals surface area contributed by atoms with Crippen molar-refractivity contribution in [2.24, 2.45) is 0 Å². The van der Waals surface area contributed by atoms with E-state index in [1.807, 2.05) is 67.1 Å². The summed E-state index contributed by atoms with van der Waals surface area (Å²) in [7, 11) is 0. The van der Waals surface area contributed by atoms with Crippen LogP contribution in [0.1, 0.15) is 45.8 Å². The van der Waals surface area contributed by atoms with Crippen LogP contribution in [0.2, 0.25) is 5.02 Å². The molecule has 2 heterocycles. The van der Waals surface area contributed by atoms with Crippen LogP contribution in [0.15, 0.2) is 65.1 Å². The van der Waals surface area contributed by atoms with Crippen LogP contribution in [0, 0.1) is 13.8 Å².